The van der Waals surface area contributed by atoms with Gasteiger partial charge in [-0.15, -0.1) is 0 Å². The maximum Gasteiger partial charge on any atom is 0.114 e. The second-order valence-electron chi connectivity index (χ2n) is 6.01. The molecule has 18 heavy (non-hydrogen) atoms. The average Bonchev–Trinajstić information content (AvgIpc) is 2.20. The Hall–Kier alpha value is 0.274. The molecule has 6 heteroatoms. The molecule has 0 bridgehead atoms. The monoisotopic (exact) mass is 290 g/mol. The first kappa shape index (κ1) is 18.3. The Balaban J connectivity index is 3.96. The standard InChI is InChI=1S/C12H34N4Si2/c1-9(2)15(10(3)4)13-17-18-14-16(11(5)6)12(7)8/h9-14H,17-18H2,1-8H3. The molecule has 0 aliphatic rings. The molecule has 0 aromatic heterocycles. The summed E-state index contributed by atoms with van der Waals surface area (Å²) in [6.45, 7) is 18.0. The zero-order chi connectivity index (χ0) is 14.3. The van der Waals surface area contributed by atoms with E-state index in [0.29, 0.717) is 24.2 Å². The molecule has 0 aliphatic carbocycles. The fourth-order valence-electron chi connectivity index (χ4n) is 2.29. The smallest absolute Gasteiger partial charge is 0.114 e. The first-order valence-corrected chi connectivity index (χ1v) is 12.7. The number of nitrogens with zero attached hydrogens (tertiary/aromatic N) is 2. The minimum absolute atomic E-state index is 0.166. The SMILES string of the molecule is CC(C)N(N[SiH2][SiH2]NN(C(C)C)C(C)C)C(C)C. The molecule has 0 unspecified atom stereocenters. The van der Waals surface area contributed by atoms with Gasteiger partial charge in [-0.3, -0.25) is 10.2 Å². The van der Waals surface area contributed by atoms with Crippen LogP contribution in [0.25, 0.3) is 0 Å². The van der Waals surface area contributed by atoms with Crippen molar-refractivity contribution in [2.75, 3.05) is 0 Å². The van der Waals surface area contributed by atoms with E-state index >= 15 is 0 Å². The van der Waals surface area contributed by atoms with Gasteiger partial charge in [0.1, 0.15) is 18.4 Å². The van der Waals surface area contributed by atoms with Gasteiger partial charge in [-0.25, -0.2) is 10.0 Å². The van der Waals surface area contributed by atoms with Crippen molar-refractivity contribution in [2.24, 2.45) is 0 Å². The number of hydrazine groups is 2. The van der Waals surface area contributed by atoms with Crippen LogP contribution in [0.15, 0.2) is 0 Å². The number of hydrogen-bond acceptors (Lipinski definition) is 4. The highest BCUT2D eigenvalue weighted by atomic mass is 29.2. The molecule has 4 nitrogen and oxygen atoms in total. The summed E-state index contributed by atoms with van der Waals surface area (Å²) in [6.07, 6.45) is 0. The predicted molar refractivity (Wildman–Crippen MR) is 87.6 cm³/mol. The van der Waals surface area contributed by atoms with Gasteiger partial charge in [-0.1, -0.05) is 0 Å². The summed E-state index contributed by atoms with van der Waals surface area (Å²) in [5.74, 6) is 0. The van der Waals surface area contributed by atoms with Crippen LogP contribution in [-0.4, -0.2) is 52.6 Å². The zero-order valence-electron chi connectivity index (χ0n) is 13.6. The third-order valence-electron chi connectivity index (χ3n) is 2.94. The fourth-order valence-corrected chi connectivity index (χ4v) is 6.71. The van der Waals surface area contributed by atoms with E-state index in [1.54, 1.807) is 0 Å². The molecular weight excluding hydrogens is 256 g/mol. The molecule has 0 saturated heterocycles. The minimum Gasteiger partial charge on any atom is -0.285 e. The maximum atomic E-state index is 3.70. The van der Waals surface area contributed by atoms with Crippen LogP contribution < -0.4 is 10.2 Å². The van der Waals surface area contributed by atoms with E-state index in [2.05, 4.69) is 75.6 Å². The van der Waals surface area contributed by atoms with E-state index in [1.165, 1.54) is 0 Å². The topological polar surface area (TPSA) is 30.5 Å². The van der Waals surface area contributed by atoms with Gasteiger partial charge < -0.3 is 0 Å². The molecule has 0 aliphatic heterocycles. The Bertz CT molecular complexity index is 172. The van der Waals surface area contributed by atoms with E-state index in [-0.39, 0.29) is 18.4 Å². The molecule has 0 rings (SSSR count). The molecule has 0 amide bonds. The van der Waals surface area contributed by atoms with Gasteiger partial charge in [-0.05, 0) is 55.4 Å². The van der Waals surface area contributed by atoms with Crippen molar-refractivity contribution in [3.05, 3.63) is 0 Å². The van der Waals surface area contributed by atoms with Crippen molar-refractivity contribution in [3.8, 4) is 0 Å². The third kappa shape index (κ3) is 7.01. The Labute approximate surface area is 118 Å². The Kier molecular flexibility index (Phi) is 9.36. The summed E-state index contributed by atoms with van der Waals surface area (Å²) in [6, 6.07) is 2.33. The van der Waals surface area contributed by atoms with Crippen LogP contribution in [0.2, 0.25) is 0 Å². The summed E-state index contributed by atoms with van der Waals surface area (Å²) in [5.41, 5.74) is 0. The summed E-state index contributed by atoms with van der Waals surface area (Å²) in [4.78, 5) is 0. The van der Waals surface area contributed by atoms with Crippen molar-refractivity contribution >= 4 is 18.4 Å². The second kappa shape index (κ2) is 9.22. The van der Waals surface area contributed by atoms with Gasteiger partial charge in [0.15, 0.2) is 0 Å². The Morgan fingerprint density at radius 3 is 0.944 bits per heavy atom. The third-order valence-corrected chi connectivity index (χ3v) is 6.46. The summed E-state index contributed by atoms with van der Waals surface area (Å²) in [5, 5.41) is 12.2. The van der Waals surface area contributed by atoms with E-state index in [0.717, 1.165) is 0 Å². The summed E-state index contributed by atoms with van der Waals surface area (Å²) >= 11 is 0. The van der Waals surface area contributed by atoms with Crippen molar-refractivity contribution < 1.29 is 0 Å². The minimum atomic E-state index is -0.166. The number of hydrogen-bond donors (Lipinski definition) is 2. The Morgan fingerprint density at radius 2 is 0.778 bits per heavy atom. The van der Waals surface area contributed by atoms with Gasteiger partial charge in [0.25, 0.3) is 0 Å². The molecule has 0 heterocycles. The molecule has 2 N–H and O–H groups in total. The molecule has 0 radical (unpaired) electrons. The first-order valence-electron chi connectivity index (χ1n) is 7.31. The second-order valence-corrected chi connectivity index (χ2v) is 10.6. The molecule has 110 valence electrons. The lowest BCUT2D eigenvalue weighted by Crippen LogP contribution is -2.56. The first-order chi connectivity index (χ1) is 8.27. The van der Waals surface area contributed by atoms with Crippen LogP contribution >= 0.6 is 0 Å². The van der Waals surface area contributed by atoms with E-state index in [1.807, 2.05) is 0 Å². The lowest BCUT2D eigenvalue weighted by atomic mass is 10.3. The highest BCUT2D eigenvalue weighted by molar-refractivity contribution is 6.97. The largest absolute Gasteiger partial charge is 0.285 e. The lowest BCUT2D eigenvalue weighted by molar-refractivity contribution is 0.142. The van der Waals surface area contributed by atoms with Crippen LogP contribution in [0, 0.1) is 0 Å². The molecular formula is C12H34N4Si2. The van der Waals surface area contributed by atoms with Gasteiger partial charge in [0.05, 0.1) is 0 Å². The Morgan fingerprint density at radius 1 is 0.556 bits per heavy atom. The molecule has 0 atom stereocenters. The molecule has 0 spiro atoms. The highest BCUT2D eigenvalue weighted by Crippen LogP contribution is 2.00. The fraction of sp³-hybridized carbons (Fsp3) is 1.00. The zero-order valence-corrected chi connectivity index (χ0v) is 16.4. The van der Waals surface area contributed by atoms with Crippen LogP contribution in [0.3, 0.4) is 0 Å². The van der Waals surface area contributed by atoms with Crippen molar-refractivity contribution in [2.45, 2.75) is 79.6 Å². The number of nitrogens with one attached hydrogen (secondary N) is 2. The van der Waals surface area contributed by atoms with Gasteiger partial charge in [-0.2, -0.15) is 0 Å². The highest BCUT2D eigenvalue weighted by Gasteiger charge is 2.14. The van der Waals surface area contributed by atoms with Crippen LogP contribution in [0.4, 0.5) is 0 Å². The lowest BCUT2D eigenvalue weighted by Gasteiger charge is -2.33. The van der Waals surface area contributed by atoms with Crippen LogP contribution in [0.1, 0.15) is 55.4 Å². The van der Waals surface area contributed by atoms with Gasteiger partial charge in [0, 0.05) is 24.2 Å². The van der Waals surface area contributed by atoms with Crippen LogP contribution in [-0.2, 0) is 0 Å². The van der Waals surface area contributed by atoms with E-state index in [4.69, 9.17) is 0 Å². The van der Waals surface area contributed by atoms with Gasteiger partial charge >= 0.3 is 0 Å². The van der Waals surface area contributed by atoms with Crippen LogP contribution in [0.5, 0.6) is 0 Å². The predicted octanol–water partition coefficient (Wildman–Crippen LogP) is 0.316. The van der Waals surface area contributed by atoms with Crippen molar-refractivity contribution in [1.29, 1.82) is 0 Å². The molecule has 0 aromatic carbocycles. The summed E-state index contributed by atoms with van der Waals surface area (Å²) in [7, 11) is -0.333. The molecule has 0 aromatic rings. The van der Waals surface area contributed by atoms with E-state index < -0.39 is 0 Å². The van der Waals surface area contributed by atoms with Crippen molar-refractivity contribution in [1.82, 2.24) is 20.2 Å². The average molecular weight is 291 g/mol. The van der Waals surface area contributed by atoms with Gasteiger partial charge in [0.2, 0.25) is 0 Å². The normalized spacial score (nSPS) is 14.3. The van der Waals surface area contributed by atoms with Crippen molar-refractivity contribution in [3.63, 3.8) is 0 Å². The summed E-state index contributed by atoms with van der Waals surface area (Å²) < 4.78 is 0. The molecule has 0 fully saturated rings. The maximum absolute atomic E-state index is 3.70. The van der Waals surface area contributed by atoms with E-state index in [9.17, 15) is 0 Å². The number of rotatable bonds is 9. The molecule has 0 saturated carbocycles. The quantitative estimate of drug-likeness (QED) is 0.364.